The summed E-state index contributed by atoms with van der Waals surface area (Å²) in [5.41, 5.74) is 2.49. The second kappa shape index (κ2) is 5.06. The first kappa shape index (κ1) is 14.0. The van der Waals surface area contributed by atoms with E-state index in [-0.39, 0.29) is 18.3 Å². The largest absolute Gasteiger partial charge is 0.336 e. The van der Waals surface area contributed by atoms with Crippen LogP contribution in [0.2, 0.25) is 0 Å². The Hall–Kier alpha value is -1.07. The standard InChI is InChI=1S/C11H18N4O.ClH/c1-7-10(8(2)15(4)13-7)11(16)14(3)9-5-12-6-9;/h9,12H,5-6H2,1-4H3;1H. The molecule has 1 amide bonds. The van der Waals surface area contributed by atoms with Crippen LogP contribution in [0, 0.1) is 13.8 Å². The number of rotatable bonds is 2. The topological polar surface area (TPSA) is 50.2 Å². The van der Waals surface area contributed by atoms with Gasteiger partial charge in [0.15, 0.2) is 0 Å². The van der Waals surface area contributed by atoms with E-state index in [0.717, 1.165) is 30.0 Å². The van der Waals surface area contributed by atoms with E-state index in [1.807, 2.05) is 32.8 Å². The minimum atomic E-state index is 0. The predicted molar refractivity (Wildman–Crippen MR) is 68.7 cm³/mol. The number of aromatic nitrogens is 2. The zero-order chi connectivity index (χ0) is 11.9. The molecule has 1 fully saturated rings. The summed E-state index contributed by atoms with van der Waals surface area (Å²) in [5.74, 6) is 0.0783. The average molecular weight is 259 g/mol. The Morgan fingerprint density at radius 3 is 2.41 bits per heavy atom. The highest BCUT2D eigenvalue weighted by molar-refractivity contribution is 5.96. The molecule has 6 heteroatoms. The number of aryl methyl sites for hydroxylation is 2. The fourth-order valence-electron chi connectivity index (χ4n) is 1.97. The Labute approximate surface area is 108 Å². The van der Waals surface area contributed by atoms with Gasteiger partial charge in [0.05, 0.1) is 17.3 Å². The van der Waals surface area contributed by atoms with Crippen LogP contribution in [-0.2, 0) is 7.05 Å². The molecule has 1 saturated heterocycles. The van der Waals surface area contributed by atoms with E-state index >= 15 is 0 Å². The van der Waals surface area contributed by atoms with Crippen molar-refractivity contribution in [3.63, 3.8) is 0 Å². The number of likely N-dealkylation sites (N-methyl/N-ethyl adjacent to an activating group) is 1. The summed E-state index contributed by atoms with van der Waals surface area (Å²) in [6.45, 7) is 5.59. The van der Waals surface area contributed by atoms with Crippen molar-refractivity contribution in [1.29, 1.82) is 0 Å². The molecule has 2 heterocycles. The molecule has 1 aliphatic rings. The molecule has 5 nitrogen and oxygen atoms in total. The zero-order valence-electron chi connectivity index (χ0n) is 10.6. The van der Waals surface area contributed by atoms with Gasteiger partial charge in [0.25, 0.3) is 5.91 Å². The third kappa shape index (κ3) is 2.30. The van der Waals surface area contributed by atoms with Gasteiger partial charge in [-0.3, -0.25) is 9.48 Å². The molecule has 1 aliphatic heterocycles. The molecule has 0 spiro atoms. The first-order chi connectivity index (χ1) is 7.52. The highest BCUT2D eigenvalue weighted by atomic mass is 35.5. The lowest BCUT2D eigenvalue weighted by atomic mass is 10.1. The van der Waals surface area contributed by atoms with Crippen molar-refractivity contribution in [2.24, 2.45) is 7.05 Å². The Kier molecular flexibility index (Phi) is 4.16. The van der Waals surface area contributed by atoms with Crippen LogP contribution in [0.15, 0.2) is 0 Å². The fraction of sp³-hybridized carbons (Fsp3) is 0.636. The Morgan fingerprint density at radius 2 is 2.06 bits per heavy atom. The van der Waals surface area contributed by atoms with Gasteiger partial charge >= 0.3 is 0 Å². The van der Waals surface area contributed by atoms with Crippen molar-refractivity contribution in [2.45, 2.75) is 19.9 Å². The van der Waals surface area contributed by atoms with E-state index in [2.05, 4.69) is 10.4 Å². The maximum absolute atomic E-state index is 12.3. The van der Waals surface area contributed by atoms with Crippen molar-refractivity contribution in [1.82, 2.24) is 20.0 Å². The van der Waals surface area contributed by atoms with Crippen LogP contribution in [0.3, 0.4) is 0 Å². The lowest BCUT2D eigenvalue weighted by Gasteiger charge is -2.35. The summed E-state index contributed by atoms with van der Waals surface area (Å²) in [7, 11) is 3.73. The van der Waals surface area contributed by atoms with Gasteiger partial charge in [-0.2, -0.15) is 5.10 Å². The number of carbonyl (C=O) groups is 1. The third-order valence-electron chi connectivity index (χ3n) is 3.35. The molecule has 96 valence electrons. The molecule has 0 aliphatic carbocycles. The van der Waals surface area contributed by atoms with Crippen LogP contribution in [0.4, 0.5) is 0 Å². The lowest BCUT2D eigenvalue weighted by molar-refractivity contribution is 0.0679. The summed E-state index contributed by atoms with van der Waals surface area (Å²) in [6.07, 6.45) is 0. The van der Waals surface area contributed by atoms with Gasteiger partial charge in [0.2, 0.25) is 0 Å². The fourth-order valence-corrected chi connectivity index (χ4v) is 1.97. The Morgan fingerprint density at radius 1 is 1.47 bits per heavy atom. The van der Waals surface area contributed by atoms with Crippen LogP contribution < -0.4 is 5.32 Å². The number of hydrogen-bond donors (Lipinski definition) is 1. The van der Waals surface area contributed by atoms with E-state index in [4.69, 9.17) is 0 Å². The first-order valence-electron chi connectivity index (χ1n) is 5.50. The van der Waals surface area contributed by atoms with Crippen LogP contribution in [0.5, 0.6) is 0 Å². The number of nitrogens with one attached hydrogen (secondary N) is 1. The summed E-state index contributed by atoms with van der Waals surface area (Å²) >= 11 is 0. The van der Waals surface area contributed by atoms with E-state index in [9.17, 15) is 4.79 Å². The highest BCUT2D eigenvalue weighted by Crippen LogP contribution is 2.16. The van der Waals surface area contributed by atoms with Crippen LogP contribution in [-0.4, -0.2) is 46.8 Å². The van der Waals surface area contributed by atoms with Crippen LogP contribution in [0.25, 0.3) is 0 Å². The molecule has 17 heavy (non-hydrogen) atoms. The highest BCUT2D eigenvalue weighted by Gasteiger charge is 2.28. The Bertz CT molecular complexity index is 425. The monoisotopic (exact) mass is 258 g/mol. The van der Waals surface area contributed by atoms with Gasteiger partial charge < -0.3 is 10.2 Å². The minimum absolute atomic E-state index is 0. The number of hydrogen-bond acceptors (Lipinski definition) is 3. The maximum atomic E-state index is 12.3. The molecule has 0 aromatic carbocycles. The second-order valence-electron chi connectivity index (χ2n) is 4.40. The summed E-state index contributed by atoms with van der Waals surface area (Å²) < 4.78 is 1.76. The molecule has 1 aromatic heterocycles. The van der Waals surface area contributed by atoms with E-state index in [0.29, 0.717) is 6.04 Å². The molecule has 1 N–H and O–H groups in total. The van der Waals surface area contributed by atoms with Crippen molar-refractivity contribution < 1.29 is 4.79 Å². The SMILES string of the molecule is Cc1nn(C)c(C)c1C(=O)N(C)C1CNC1.Cl. The average Bonchev–Trinajstić information content (AvgIpc) is 2.37. The molecule has 2 rings (SSSR count). The lowest BCUT2D eigenvalue weighted by Crippen LogP contribution is -2.57. The van der Waals surface area contributed by atoms with Gasteiger partial charge in [-0.05, 0) is 13.8 Å². The van der Waals surface area contributed by atoms with E-state index < -0.39 is 0 Å². The third-order valence-corrected chi connectivity index (χ3v) is 3.35. The summed E-state index contributed by atoms with van der Waals surface area (Å²) in [4.78, 5) is 14.1. The van der Waals surface area contributed by atoms with Gasteiger partial charge in [0, 0.05) is 32.9 Å². The molecule has 0 saturated carbocycles. The smallest absolute Gasteiger partial charge is 0.257 e. The normalized spacial score (nSPS) is 15.1. The van der Waals surface area contributed by atoms with Gasteiger partial charge in [-0.25, -0.2) is 0 Å². The van der Waals surface area contributed by atoms with E-state index in [1.165, 1.54) is 0 Å². The van der Waals surface area contributed by atoms with Crippen molar-refractivity contribution >= 4 is 18.3 Å². The molecular weight excluding hydrogens is 240 g/mol. The van der Waals surface area contributed by atoms with Crippen molar-refractivity contribution in [2.75, 3.05) is 20.1 Å². The molecule has 1 aromatic rings. The molecule has 0 atom stereocenters. The van der Waals surface area contributed by atoms with Gasteiger partial charge in [-0.15, -0.1) is 12.4 Å². The Balaban J connectivity index is 0.00000144. The maximum Gasteiger partial charge on any atom is 0.257 e. The molecular formula is C11H19ClN4O. The van der Waals surface area contributed by atoms with Crippen molar-refractivity contribution in [3.05, 3.63) is 17.0 Å². The second-order valence-corrected chi connectivity index (χ2v) is 4.40. The molecule has 0 radical (unpaired) electrons. The zero-order valence-corrected chi connectivity index (χ0v) is 11.5. The molecule has 0 bridgehead atoms. The van der Waals surface area contributed by atoms with Gasteiger partial charge in [0.1, 0.15) is 0 Å². The van der Waals surface area contributed by atoms with Crippen LogP contribution in [0.1, 0.15) is 21.7 Å². The van der Waals surface area contributed by atoms with Crippen LogP contribution >= 0.6 is 12.4 Å². The van der Waals surface area contributed by atoms with Crippen molar-refractivity contribution in [3.8, 4) is 0 Å². The number of amides is 1. The quantitative estimate of drug-likeness (QED) is 0.841. The van der Waals surface area contributed by atoms with E-state index in [1.54, 1.807) is 4.68 Å². The summed E-state index contributed by atoms with van der Waals surface area (Å²) in [6, 6.07) is 0.325. The number of nitrogens with zero attached hydrogens (tertiary/aromatic N) is 3. The summed E-state index contributed by atoms with van der Waals surface area (Å²) in [5, 5.41) is 7.44. The molecule has 0 unspecified atom stereocenters. The van der Waals surface area contributed by atoms with Gasteiger partial charge in [-0.1, -0.05) is 0 Å². The first-order valence-corrected chi connectivity index (χ1v) is 5.50. The number of carbonyl (C=O) groups excluding carboxylic acids is 1. The number of halogens is 1. The minimum Gasteiger partial charge on any atom is -0.336 e. The predicted octanol–water partition coefficient (Wildman–Crippen LogP) is 0.503.